The van der Waals surface area contributed by atoms with E-state index < -0.39 is 0 Å². The molecule has 1 aromatic rings. The number of carbonyl (C=O) groups is 1. The van der Waals surface area contributed by atoms with Crippen LogP contribution in [0.3, 0.4) is 0 Å². The predicted octanol–water partition coefficient (Wildman–Crippen LogP) is 1.57. The molecule has 0 aliphatic carbocycles. The molecule has 0 aliphatic rings. The molecule has 0 saturated heterocycles. The van der Waals surface area contributed by atoms with Crippen molar-refractivity contribution in [3.05, 3.63) is 22.7 Å². The Balaban J connectivity index is 2.63. The Kier molecular flexibility index (Phi) is 5.07. The van der Waals surface area contributed by atoms with Crippen molar-refractivity contribution in [2.45, 2.75) is 0 Å². The smallest absolute Gasteiger partial charge is 0.319 e. The molecule has 16 heavy (non-hydrogen) atoms. The Labute approximate surface area is 102 Å². The molecule has 1 rings (SSSR count). The van der Waals surface area contributed by atoms with Gasteiger partial charge in [0.25, 0.3) is 0 Å². The van der Waals surface area contributed by atoms with E-state index in [1.54, 1.807) is 25.3 Å². The molecular formula is C10H13BrN2O3. The summed E-state index contributed by atoms with van der Waals surface area (Å²) in [5.74, 6) is 0.639. The van der Waals surface area contributed by atoms with E-state index >= 15 is 0 Å². The maximum absolute atomic E-state index is 11.3. The highest BCUT2D eigenvalue weighted by Gasteiger charge is 2.04. The highest BCUT2D eigenvalue weighted by molar-refractivity contribution is 9.10. The van der Waals surface area contributed by atoms with Crippen LogP contribution in [0, 0.1) is 0 Å². The Morgan fingerprint density at radius 1 is 1.56 bits per heavy atom. The predicted molar refractivity (Wildman–Crippen MR) is 64.8 cm³/mol. The molecule has 0 unspecified atom stereocenters. The van der Waals surface area contributed by atoms with Gasteiger partial charge in [-0.25, -0.2) is 4.79 Å². The van der Waals surface area contributed by atoms with Gasteiger partial charge < -0.3 is 20.5 Å². The summed E-state index contributed by atoms with van der Waals surface area (Å²) < 4.78 is 5.91. The minimum atomic E-state index is -0.363. The summed E-state index contributed by atoms with van der Waals surface area (Å²) in [4.78, 5) is 11.3. The molecular weight excluding hydrogens is 276 g/mol. The number of urea groups is 1. The van der Waals surface area contributed by atoms with Crippen LogP contribution in [0.1, 0.15) is 0 Å². The van der Waals surface area contributed by atoms with Gasteiger partial charge in [0.2, 0.25) is 0 Å². The Bertz CT molecular complexity index is 371. The van der Waals surface area contributed by atoms with Gasteiger partial charge in [0.15, 0.2) is 0 Å². The largest absolute Gasteiger partial charge is 0.495 e. The fourth-order valence-electron chi connectivity index (χ4n) is 1.08. The number of nitrogens with one attached hydrogen (secondary N) is 2. The van der Waals surface area contributed by atoms with Crippen LogP contribution in [0.25, 0.3) is 0 Å². The van der Waals surface area contributed by atoms with Crippen molar-refractivity contribution in [3.63, 3.8) is 0 Å². The lowest BCUT2D eigenvalue weighted by molar-refractivity contribution is 0.245. The van der Waals surface area contributed by atoms with Crippen molar-refractivity contribution >= 4 is 27.6 Å². The molecule has 0 fully saturated rings. The first-order valence-corrected chi connectivity index (χ1v) is 5.46. The first-order chi connectivity index (χ1) is 7.67. The monoisotopic (exact) mass is 288 g/mol. The van der Waals surface area contributed by atoms with Crippen LogP contribution in [0.4, 0.5) is 10.5 Å². The molecule has 0 aromatic heterocycles. The molecule has 0 spiro atoms. The van der Waals surface area contributed by atoms with Gasteiger partial charge in [-0.3, -0.25) is 0 Å². The molecule has 1 aromatic carbocycles. The summed E-state index contributed by atoms with van der Waals surface area (Å²) in [6, 6.07) is 4.85. The lowest BCUT2D eigenvalue weighted by atomic mass is 10.3. The zero-order valence-electron chi connectivity index (χ0n) is 8.79. The average Bonchev–Trinajstić information content (AvgIpc) is 2.29. The number of hydrogen-bond acceptors (Lipinski definition) is 3. The highest BCUT2D eigenvalue weighted by Crippen LogP contribution is 2.27. The van der Waals surface area contributed by atoms with Gasteiger partial charge in [0, 0.05) is 18.3 Å². The number of amides is 2. The fraction of sp³-hybridized carbons (Fsp3) is 0.300. The lowest BCUT2D eigenvalue weighted by Crippen LogP contribution is -2.30. The third-order valence-electron chi connectivity index (χ3n) is 1.81. The maximum Gasteiger partial charge on any atom is 0.319 e. The number of carbonyl (C=O) groups excluding carboxylic acids is 1. The highest BCUT2D eigenvalue weighted by atomic mass is 79.9. The maximum atomic E-state index is 11.3. The zero-order chi connectivity index (χ0) is 12.0. The SMILES string of the molecule is COc1cc(NC(=O)NCCO)ccc1Br. The van der Waals surface area contributed by atoms with Crippen molar-refractivity contribution in [2.75, 3.05) is 25.6 Å². The van der Waals surface area contributed by atoms with E-state index in [0.29, 0.717) is 11.4 Å². The van der Waals surface area contributed by atoms with E-state index in [9.17, 15) is 4.79 Å². The summed E-state index contributed by atoms with van der Waals surface area (Å²) in [5.41, 5.74) is 0.621. The lowest BCUT2D eigenvalue weighted by Gasteiger charge is -2.09. The summed E-state index contributed by atoms with van der Waals surface area (Å²) in [5, 5.41) is 13.6. The molecule has 2 amide bonds. The van der Waals surface area contributed by atoms with Crippen molar-refractivity contribution in [2.24, 2.45) is 0 Å². The van der Waals surface area contributed by atoms with Crippen LogP contribution in [0.15, 0.2) is 22.7 Å². The summed E-state index contributed by atoms with van der Waals surface area (Å²) >= 11 is 3.31. The molecule has 0 radical (unpaired) electrons. The second-order valence-electron chi connectivity index (χ2n) is 2.95. The second kappa shape index (κ2) is 6.34. The standard InChI is InChI=1S/C10H13BrN2O3/c1-16-9-6-7(2-3-8(9)11)13-10(15)12-4-5-14/h2-3,6,14H,4-5H2,1H3,(H2,12,13,15). The van der Waals surface area contributed by atoms with Gasteiger partial charge >= 0.3 is 6.03 Å². The number of aliphatic hydroxyl groups excluding tert-OH is 1. The van der Waals surface area contributed by atoms with Gasteiger partial charge in [-0.05, 0) is 28.1 Å². The van der Waals surface area contributed by atoms with Crippen molar-refractivity contribution < 1.29 is 14.6 Å². The van der Waals surface area contributed by atoms with Crippen LogP contribution in [0.5, 0.6) is 5.75 Å². The van der Waals surface area contributed by atoms with Gasteiger partial charge in [0.1, 0.15) is 5.75 Å². The van der Waals surface area contributed by atoms with E-state index in [1.165, 1.54) is 0 Å². The topological polar surface area (TPSA) is 70.6 Å². The number of aliphatic hydroxyl groups is 1. The molecule has 0 atom stereocenters. The van der Waals surface area contributed by atoms with Crippen LogP contribution in [0.2, 0.25) is 0 Å². The summed E-state index contributed by atoms with van der Waals surface area (Å²) in [6.07, 6.45) is 0. The van der Waals surface area contributed by atoms with E-state index in [4.69, 9.17) is 9.84 Å². The van der Waals surface area contributed by atoms with E-state index in [1.807, 2.05) is 0 Å². The van der Waals surface area contributed by atoms with E-state index in [0.717, 1.165) is 4.47 Å². The van der Waals surface area contributed by atoms with E-state index in [2.05, 4.69) is 26.6 Å². The normalized spacial score (nSPS) is 9.69. The second-order valence-corrected chi connectivity index (χ2v) is 3.81. The van der Waals surface area contributed by atoms with Crippen LogP contribution in [-0.2, 0) is 0 Å². The molecule has 0 saturated carbocycles. The summed E-state index contributed by atoms with van der Waals surface area (Å²) in [6.45, 7) is 0.135. The fourth-order valence-corrected chi connectivity index (χ4v) is 1.49. The van der Waals surface area contributed by atoms with Gasteiger partial charge in [-0.2, -0.15) is 0 Å². The minimum absolute atomic E-state index is 0.0862. The number of benzene rings is 1. The van der Waals surface area contributed by atoms with Crippen LogP contribution >= 0.6 is 15.9 Å². The first-order valence-electron chi connectivity index (χ1n) is 4.66. The Hall–Kier alpha value is -1.27. The van der Waals surface area contributed by atoms with Crippen molar-refractivity contribution in [1.29, 1.82) is 0 Å². The Morgan fingerprint density at radius 3 is 2.94 bits per heavy atom. The van der Waals surface area contributed by atoms with Crippen LogP contribution < -0.4 is 15.4 Å². The number of ether oxygens (including phenoxy) is 1. The van der Waals surface area contributed by atoms with Gasteiger partial charge in [-0.15, -0.1) is 0 Å². The van der Waals surface area contributed by atoms with Gasteiger partial charge in [-0.1, -0.05) is 0 Å². The third kappa shape index (κ3) is 3.71. The molecule has 5 nitrogen and oxygen atoms in total. The van der Waals surface area contributed by atoms with E-state index in [-0.39, 0.29) is 19.2 Å². The quantitative estimate of drug-likeness (QED) is 0.788. The first kappa shape index (κ1) is 12.8. The van der Waals surface area contributed by atoms with Crippen LogP contribution in [-0.4, -0.2) is 31.4 Å². The van der Waals surface area contributed by atoms with Crippen molar-refractivity contribution in [3.8, 4) is 5.75 Å². The van der Waals surface area contributed by atoms with Gasteiger partial charge in [0.05, 0.1) is 18.2 Å². The molecule has 0 aliphatic heterocycles. The molecule has 0 heterocycles. The number of rotatable bonds is 4. The molecule has 6 heteroatoms. The number of methoxy groups -OCH3 is 1. The zero-order valence-corrected chi connectivity index (χ0v) is 10.4. The number of halogens is 1. The number of hydrogen-bond donors (Lipinski definition) is 3. The minimum Gasteiger partial charge on any atom is -0.495 e. The molecule has 88 valence electrons. The number of anilines is 1. The third-order valence-corrected chi connectivity index (χ3v) is 2.46. The molecule has 3 N–H and O–H groups in total. The molecule has 0 bridgehead atoms. The van der Waals surface area contributed by atoms with Crippen molar-refractivity contribution in [1.82, 2.24) is 5.32 Å². The average molecular weight is 289 g/mol. The summed E-state index contributed by atoms with van der Waals surface area (Å²) in [7, 11) is 1.55. The Morgan fingerprint density at radius 2 is 2.31 bits per heavy atom.